The van der Waals surface area contributed by atoms with Gasteiger partial charge >= 0.3 is 5.69 Å². The molecule has 0 amide bonds. The van der Waals surface area contributed by atoms with Gasteiger partial charge in [0.2, 0.25) is 0 Å². The molecule has 26 heavy (non-hydrogen) atoms. The molecule has 0 saturated heterocycles. The van der Waals surface area contributed by atoms with Crippen LogP contribution in [0.15, 0.2) is 45.9 Å². The van der Waals surface area contributed by atoms with E-state index in [4.69, 9.17) is 5.11 Å². The average Bonchev–Trinajstić information content (AvgIpc) is 3.31. The van der Waals surface area contributed by atoms with Gasteiger partial charge in [-0.2, -0.15) is 16.4 Å². The van der Waals surface area contributed by atoms with Crippen molar-refractivity contribution in [3.8, 4) is 11.1 Å². The minimum Gasteiger partial charge on any atom is -0.394 e. The van der Waals surface area contributed by atoms with Crippen LogP contribution in [0, 0.1) is 0 Å². The largest absolute Gasteiger partial charge is 0.394 e. The Hall–Kier alpha value is -2.52. The minimum atomic E-state index is -0.803. The number of fused-ring (bicyclic) bond motifs is 3. The number of nitrogens with one attached hydrogen (secondary N) is 2. The standard InChI is InChI=1S/C18H18N4O3S/c23-9-14(24)8-19-7-13-6-17-20-21-18(25)22(17)16-5-11(1-2-15(13)16)12-3-4-26-10-12/h1-6,10,14,19,23-24H,7-9H2,(H,21,25)/t14-/m0/s1. The Bertz CT molecular complexity index is 1100. The third-order valence-electron chi connectivity index (χ3n) is 4.35. The molecular weight excluding hydrogens is 352 g/mol. The number of benzene rings is 1. The SMILES string of the molecule is O=c1[nH]nc2cc(CNC[C@H](O)CO)c3ccc(-c4ccsc4)cc3n12. The molecule has 0 aliphatic carbocycles. The molecular formula is C18H18N4O3S. The van der Waals surface area contributed by atoms with E-state index in [1.54, 1.807) is 15.7 Å². The lowest BCUT2D eigenvalue weighted by Crippen LogP contribution is -2.29. The van der Waals surface area contributed by atoms with Crippen LogP contribution in [-0.4, -0.2) is 44.1 Å². The second-order valence-corrected chi connectivity index (χ2v) is 6.88. The highest BCUT2D eigenvalue weighted by Gasteiger charge is 2.12. The molecule has 0 unspecified atom stereocenters. The minimum absolute atomic E-state index is 0.275. The maximum absolute atomic E-state index is 12.2. The van der Waals surface area contributed by atoms with Gasteiger partial charge in [0.25, 0.3) is 0 Å². The monoisotopic (exact) mass is 370 g/mol. The topological polar surface area (TPSA) is 103 Å². The van der Waals surface area contributed by atoms with Gasteiger partial charge in [-0.25, -0.2) is 14.3 Å². The van der Waals surface area contributed by atoms with Crippen molar-refractivity contribution in [1.29, 1.82) is 0 Å². The molecule has 1 atom stereocenters. The van der Waals surface area contributed by atoms with Gasteiger partial charge < -0.3 is 15.5 Å². The van der Waals surface area contributed by atoms with Crippen LogP contribution in [0.5, 0.6) is 0 Å². The van der Waals surface area contributed by atoms with Crippen molar-refractivity contribution in [1.82, 2.24) is 19.9 Å². The number of aromatic nitrogens is 3. The summed E-state index contributed by atoms with van der Waals surface area (Å²) < 4.78 is 1.57. The Morgan fingerprint density at radius 3 is 2.92 bits per heavy atom. The van der Waals surface area contributed by atoms with Gasteiger partial charge in [0.05, 0.1) is 18.2 Å². The van der Waals surface area contributed by atoms with Crippen LogP contribution in [-0.2, 0) is 6.54 Å². The summed E-state index contributed by atoms with van der Waals surface area (Å²) in [4.78, 5) is 12.2. The predicted molar refractivity (Wildman–Crippen MR) is 101 cm³/mol. The first-order chi connectivity index (χ1) is 12.7. The van der Waals surface area contributed by atoms with Crippen molar-refractivity contribution in [2.75, 3.05) is 13.2 Å². The molecule has 3 aromatic heterocycles. The van der Waals surface area contributed by atoms with Crippen LogP contribution in [0.2, 0.25) is 0 Å². The quantitative estimate of drug-likeness (QED) is 0.410. The first-order valence-corrected chi connectivity index (χ1v) is 9.16. The number of hydrogen-bond acceptors (Lipinski definition) is 6. The number of rotatable bonds is 6. The number of nitrogens with zero attached hydrogens (tertiary/aromatic N) is 2. The Balaban J connectivity index is 1.83. The Morgan fingerprint density at radius 1 is 1.27 bits per heavy atom. The van der Waals surface area contributed by atoms with Crippen LogP contribution < -0.4 is 11.0 Å². The van der Waals surface area contributed by atoms with Crippen LogP contribution in [0.1, 0.15) is 5.56 Å². The van der Waals surface area contributed by atoms with Gasteiger partial charge in [-0.1, -0.05) is 12.1 Å². The van der Waals surface area contributed by atoms with E-state index in [0.717, 1.165) is 27.6 Å². The molecule has 4 rings (SSSR count). The maximum atomic E-state index is 12.2. The molecule has 0 radical (unpaired) electrons. The molecule has 8 heteroatoms. The summed E-state index contributed by atoms with van der Waals surface area (Å²) in [6, 6.07) is 9.92. The zero-order chi connectivity index (χ0) is 18.1. The van der Waals surface area contributed by atoms with E-state index in [2.05, 4.69) is 20.9 Å². The third-order valence-corrected chi connectivity index (χ3v) is 5.03. The van der Waals surface area contributed by atoms with E-state index in [0.29, 0.717) is 12.2 Å². The maximum Gasteiger partial charge on any atom is 0.348 e. The van der Waals surface area contributed by atoms with Gasteiger partial charge in [0, 0.05) is 18.5 Å². The highest BCUT2D eigenvalue weighted by Crippen LogP contribution is 2.28. The summed E-state index contributed by atoms with van der Waals surface area (Å²) in [5.74, 6) is 0. The number of thiophene rings is 1. The number of aliphatic hydroxyl groups excluding tert-OH is 2. The van der Waals surface area contributed by atoms with Crippen molar-refractivity contribution in [3.05, 3.63) is 57.1 Å². The average molecular weight is 370 g/mol. The van der Waals surface area contributed by atoms with Gasteiger partial charge in [-0.3, -0.25) is 0 Å². The lowest BCUT2D eigenvalue weighted by Gasteiger charge is -2.12. The van der Waals surface area contributed by atoms with Crippen LogP contribution in [0.4, 0.5) is 0 Å². The molecule has 7 nitrogen and oxygen atoms in total. The van der Waals surface area contributed by atoms with Gasteiger partial charge in [0.15, 0.2) is 5.65 Å². The smallest absolute Gasteiger partial charge is 0.348 e. The molecule has 4 aromatic rings. The summed E-state index contributed by atoms with van der Waals surface area (Å²) in [6.45, 7) is 0.484. The fourth-order valence-electron chi connectivity index (χ4n) is 3.05. The lowest BCUT2D eigenvalue weighted by atomic mass is 10.0. The van der Waals surface area contributed by atoms with Crippen molar-refractivity contribution in [2.45, 2.75) is 12.6 Å². The van der Waals surface area contributed by atoms with Crippen molar-refractivity contribution in [3.63, 3.8) is 0 Å². The second-order valence-electron chi connectivity index (χ2n) is 6.10. The zero-order valence-corrected chi connectivity index (χ0v) is 14.7. The van der Waals surface area contributed by atoms with E-state index < -0.39 is 6.10 Å². The molecule has 0 bridgehead atoms. The second kappa shape index (κ2) is 7.00. The van der Waals surface area contributed by atoms with Crippen molar-refractivity contribution >= 4 is 27.9 Å². The zero-order valence-electron chi connectivity index (χ0n) is 13.8. The summed E-state index contributed by atoms with van der Waals surface area (Å²) in [6.07, 6.45) is -0.803. The first-order valence-electron chi connectivity index (χ1n) is 8.22. The Morgan fingerprint density at radius 2 is 2.15 bits per heavy atom. The van der Waals surface area contributed by atoms with Crippen LogP contribution >= 0.6 is 11.3 Å². The van der Waals surface area contributed by atoms with Gasteiger partial charge in [0.1, 0.15) is 0 Å². The van der Waals surface area contributed by atoms with E-state index in [-0.39, 0.29) is 18.8 Å². The number of aromatic amines is 1. The highest BCUT2D eigenvalue weighted by molar-refractivity contribution is 7.08. The third kappa shape index (κ3) is 3.04. The van der Waals surface area contributed by atoms with E-state index in [1.807, 2.05) is 35.7 Å². The van der Waals surface area contributed by atoms with Crippen LogP contribution in [0.3, 0.4) is 0 Å². The molecule has 4 N–H and O–H groups in total. The molecule has 0 saturated carbocycles. The van der Waals surface area contributed by atoms with E-state index in [9.17, 15) is 9.90 Å². The molecule has 1 aromatic carbocycles. The summed E-state index contributed by atoms with van der Waals surface area (Å²) >= 11 is 1.63. The molecule has 0 spiro atoms. The summed E-state index contributed by atoms with van der Waals surface area (Å²) in [5.41, 5.74) is 4.16. The van der Waals surface area contributed by atoms with Gasteiger partial charge in [-0.05, 0) is 45.6 Å². The number of H-pyrrole nitrogens is 1. The first kappa shape index (κ1) is 16.9. The Kier molecular flexibility index (Phi) is 4.56. The van der Waals surface area contributed by atoms with E-state index in [1.165, 1.54) is 0 Å². The molecule has 3 heterocycles. The van der Waals surface area contributed by atoms with Gasteiger partial charge in [-0.15, -0.1) is 0 Å². The molecule has 0 fully saturated rings. The van der Waals surface area contributed by atoms with E-state index >= 15 is 0 Å². The van der Waals surface area contributed by atoms with Crippen molar-refractivity contribution < 1.29 is 10.2 Å². The molecule has 134 valence electrons. The number of pyridine rings is 1. The fourth-order valence-corrected chi connectivity index (χ4v) is 3.72. The van der Waals surface area contributed by atoms with Crippen LogP contribution in [0.25, 0.3) is 27.7 Å². The fraction of sp³-hybridized carbons (Fsp3) is 0.222. The summed E-state index contributed by atoms with van der Waals surface area (Å²) in [5, 5.41) is 33.2. The summed E-state index contributed by atoms with van der Waals surface area (Å²) in [7, 11) is 0. The molecule has 0 aliphatic rings. The lowest BCUT2D eigenvalue weighted by molar-refractivity contribution is 0.0942. The molecule has 0 aliphatic heterocycles. The predicted octanol–water partition coefficient (Wildman–Crippen LogP) is 1.35. The number of aliphatic hydroxyl groups is 2. The highest BCUT2D eigenvalue weighted by atomic mass is 32.1. The normalized spacial score (nSPS) is 12.8. The Labute approximate surface area is 152 Å². The number of hydrogen-bond donors (Lipinski definition) is 4. The van der Waals surface area contributed by atoms with Crippen molar-refractivity contribution in [2.24, 2.45) is 0 Å².